The smallest absolute Gasteiger partial charge is 0.338 e. The summed E-state index contributed by atoms with van der Waals surface area (Å²) in [5.41, 5.74) is 4.41. The van der Waals surface area contributed by atoms with Gasteiger partial charge < -0.3 is 24.1 Å². The van der Waals surface area contributed by atoms with Gasteiger partial charge in [-0.05, 0) is 67.9 Å². The van der Waals surface area contributed by atoms with Crippen molar-refractivity contribution in [2.45, 2.75) is 20.4 Å². The summed E-state index contributed by atoms with van der Waals surface area (Å²) in [6.07, 6.45) is 0. The summed E-state index contributed by atoms with van der Waals surface area (Å²) in [4.78, 5) is 24.3. The van der Waals surface area contributed by atoms with Crippen molar-refractivity contribution in [3.8, 4) is 17.2 Å². The van der Waals surface area contributed by atoms with Crippen LogP contribution in [-0.2, 0) is 16.1 Å². The Morgan fingerprint density at radius 2 is 1.52 bits per heavy atom. The van der Waals surface area contributed by atoms with Crippen molar-refractivity contribution < 1.29 is 23.8 Å². The normalized spacial score (nSPS) is 10.5. The molecule has 0 unspecified atom stereocenters. The van der Waals surface area contributed by atoms with E-state index in [1.807, 2.05) is 44.2 Å². The summed E-state index contributed by atoms with van der Waals surface area (Å²) in [6, 6.07) is 16.5. The fraction of sp³-hybridized carbons (Fsp3) is 0.250. The molecule has 31 heavy (non-hydrogen) atoms. The lowest BCUT2D eigenvalue weighted by Crippen LogP contribution is -2.28. The minimum Gasteiger partial charge on any atom is -0.493 e. The van der Waals surface area contributed by atoms with Gasteiger partial charge in [-0.25, -0.2) is 4.79 Å². The van der Waals surface area contributed by atoms with Crippen LogP contribution in [-0.4, -0.2) is 37.3 Å². The Morgan fingerprint density at radius 3 is 2.13 bits per heavy atom. The molecule has 0 saturated carbocycles. The quantitative estimate of drug-likeness (QED) is 0.562. The van der Waals surface area contributed by atoms with E-state index in [1.54, 1.807) is 38.5 Å². The van der Waals surface area contributed by atoms with Crippen molar-refractivity contribution >= 4 is 11.9 Å². The van der Waals surface area contributed by atoms with Gasteiger partial charge in [-0.2, -0.15) is 0 Å². The van der Waals surface area contributed by atoms with Crippen LogP contribution in [0, 0.1) is 13.8 Å². The number of aryl methyl sites for hydroxylation is 2. The van der Waals surface area contributed by atoms with Gasteiger partial charge in [0.2, 0.25) is 0 Å². The van der Waals surface area contributed by atoms with E-state index in [0.717, 1.165) is 22.6 Å². The van der Waals surface area contributed by atoms with Gasteiger partial charge in [-0.3, -0.25) is 4.79 Å². The van der Waals surface area contributed by atoms with Gasteiger partial charge in [-0.1, -0.05) is 6.07 Å². The van der Waals surface area contributed by atoms with Crippen LogP contribution < -0.4 is 14.8 Å². The van der Waals surface area contributed by atoms with Gasteiger partial charge in [0.25, 0.3) is 5.91 Å². The third-order valence-electron chi connectivity index (χ3n) is 4.90. The molecular weight excluding hydrogens is 396 g/mol. The standard InChI is InChI=1S/C24H26N2O5/c1-16-5-6-17(2)26(16)20-10-8-19(9-11-20)24(28)31-15-23(27)25-14-18-7-12-21(29-3)22(13-18)30-4/h5-13H,14-15H2,1-4H3,(H,25,27). The van der Waals surface area contributed by atoms with E-state index in [2.05, 4.69) is 9.88 Å². The number of aromatic nitrogens is 1. The first-order valence-electron chi connectivity index (χ1n) is 9.83. The minimum absolute atomic E-state index is 0.279. The predicted molar refractivity (Wildman–Crippen MR) is 117 cm³/mol. The fourth-order valence-electron chi connectivity index (χ4n) is 3.28. The average molecular weight is 422 g/mol. The molecular formula is C24H26N2O5. The number of rotatable bonds is 8. The molecule has 7 heteroatoms. The number of benzene rings is 2. The Balaban J connectivity index is 1.52. The van der Waals surface area contributed by atoms with Crippen molar-refractivity contribution in [1.29, 1.82) is 0 Å². The largest absolute Gasteiger partial charge is 0.493 e. The first kappa shape index (κ1) is 22.0. The number of amides is 1. The molecule has 3 aromatic rings. The van der Waals surface area contributed by atoms with E-state index in [-0.39, 0.29) is 13.2 Å². The second-order valence-corrected chi connectivity index (χ2v) is 7.04. The van der Waals surface area contributed by atoms with Gasteiger partial charge in [0.1, 0.15) is 0 Å². The highest BCUT2D eigenvalue weighted by Crippen LogP contribution is 2.27. The first-order valence-corrected chi connectivity index (χ1v) is 9.83. The maximum Gasteiger partial charge on any atom is 0.338 e. The highest BCUT2D eigenvalue weighted by molar-refractivity contribution is 5.91. The Kier molecular flexibility index (Phi) is 6.97. The van der Waals surface area contributed by atoms with Crippen LogP contribution in [0.3, 0.4) is 0 Å². The lowest BCUT2D eigenvalue weighted by atomic mass is 10.2. The number of hydrogen-bond donors (Lipinski definition) is 1. The fourth-order valence-corrected chi connectivity index (χ4v) is 3.28. The third-order valence-corrected chi connectivity index (χ3v) is 4.90. The first-order chi connectivity index (χ1) is 14.9. The van der Waals surface area contributed by atoms with Gasteiger partial charge in [-0.15, -0.1) is 0 Å². The van der Waals surface area contributed by atoms with Crippen LogP contribution in [0.2, 0.25) is 0 Å². The molecule has 3 rings (SSSR count). The van der Waals surface area contributed by atoms with Crippen molar-refractivity contribution in [1.82, 2.24) is 9.88 Å². The van der Waals surface area contributed by atoms with Crippen LogP contribution >= 0.6 is 0 Å². The second-order valence-electron chi connectivity index (χ2n) is 7.04. The van der Waals surface area contributed by atoms with E-state index in [1.165, 1.54) is 0 Å². The van der Waals surface area contributed by atoms with Crippen LogP contribution in [0.15, 0.2) is 54.6 Å². The lowest BCUT2D eigenvalue weighted by Gasteiger charge is -2.11. The summed E-state index contributed by atoms with van der Waals surface area (Å²) in [6.45, 7) is 3.97. The van der Waals surface area contributed by atoms with Gasteiger partial charge in [0.05, 0.1) is 19.8 Å². The Hall–Kier alpha value is -3.74. The summed E-state index contributed by atoms with van der Waals surface area (Å²) in [5, 5.41) is 2.72. The molecule has 0 aliphatic heterocycles. The van der Waals surface area contributed by atoms with E-state index >= 15 is 0 Å². The molecule has 0 aliphatic rings. The zero-order valence-electron chi connectivity index (χ0n) is 18.1. The minimum atomic E-state index is -0.547. The molecule has 0 saturated heterocycles. The van der Waals surface area contributed by atoms with Crippen molar-refractivity contribution in [2.24, 2.45) is 0 Å². The number of hydrogen-bond acceptors (Lipinski definition) is 5. The molecule has 7 nitrogen and oxygen atoms in total. The zero-order chi connectivity index (χ0) is 22.4. The molecule has 1 amide bonds. The lowest BCUT2D eigenvalue weighted by molar-refractivity contribution is -0.124. The third kappa shape index (κ3) is 5.25. The van der Waals surface area contributed by atoms with Crippen molar-refractivity contribution in [2.75, 3.05) is 20.8 Å². The molecule has 1 aromatic heterocycles. The van der Waals surface area contributed by atoms with Crippen LogP contribution in [0.1, 0.15) is 27.3 Å². The topological polar surface area (TPSA) is 78.8 Å². The maximum atomic E-state index is 12.3. The van der Waals surface area contributed by atoms with E-state index < -0.39 is 11.9 Å². The number of nitrogens with zero attached hydrogens (tertiary/aromatic N) is 1. The van der Waals surface area contributed by atoms with Crippen LogP contribution in [0.25, 0.3) is 5.69 Å². The molecule has 2 aromatic carbocycles. The number of ether oxygens (including phenoxy) is 3. The molecule has 1 heterocycles. The molecule has 1 N–H and O–H groups in total. The average Bonchev–Trinajstić information content (AvgIpc) is 3.13. The molecule has 162 valence electrons. The Morgan fingerprint density at radius 1 is 0.871 bits per heavy atom. The molecule has 0 atom stereocenters. The molecule has 0 aliphatic carbocycles. The number of methoxy groups -OCH3 is 2. The summed E-state index contributed by atoms with van der Waals surface area (Å²) < 4.78 is 17.7. The Labute approximate surface area is 181 Å². The van der Waals surface area contributed by atoms with Crippen molar-refractivity contribution in [3.05, 3.63) is 77.1 Å². The molecule has 0 radical (unpaired) electrons. The number of carbonyl (C=O) groups is 2. The molecule has 0 fully saturated rings. The Bertz CT molecular complexity index is 1050. The maximum absolute atomic E-state index is 12.3. The number of esters is 1. The number of carbonyl (C=O) groups excluding carboxylic acids is 2. The highest BCUT2D eigenvalue weighted by Gasteiger charge is 2.12. The van der Waals surface area contributed by atoms with Gasteiger partial charge in [0, 0.05) is 23.6 Å². The summed E-state index contributed by atoms with van der Waals surface area (Å²) in [5.74, 6) is 0.251. The highest BCUT2D eigenvalue weighted by atomic mass is 16.5. The van der Waals surface area contributed by atoms with Gasteiger partial charge in [0.15, 0.2) is 18.1 Å². The van der Waals surface area contributed by atoms with Gasteiger partial charge >= 0.3 is 5.97 Å². The molecule has 0 spiro atoms. The zero-order valence-corrected chi connectivity index (χ0v) is 18.1. The summed E-state index contributed by atoms with van der Waals surface area (Å²) in [7, 11) is 3.11. The summed E-state index contributed by atoms with van der Waals surface area (Å²) >= 11 is 0. The second kappa shape index (κ2) is 9.84. The van der Waals surface area contributed by atoms with Crippen LogP contribution in [0.5, 0.6) is 11.5 Å². The SMILES string of the molecule is COc1ccc(CNC(=O)COC(=O)c2ccc(-n3c(C)ccc3C)cc2)cc1OC. The number of nitrogens with one attached hydrogen (secondary N) is 1. The van der Waals surface area contributed by atoms with E-state index in [0.29, 0.717) is 17.1 Å². The monoisotopic (exact) mass is 422 g/mol. The van der Waals surface area contributed by atoms with Crippen molar-refractivity contribution in [3.63, 3.8) is 0 Å². The van der Waals surface area contributed by atoms with E-state index in [4.69, 9.17) is 14.2 Å². The molecule has 0 bridgehead atoms. The van der Waals surface area contributed by atoms with E-state index in [9.17, 15) is 9.59 Å². The predicted octanol–water partition coefficient (Wildman–Crippen LogP) is 3.58. The van der Waals surface area contributed by atoms with Crippen LogP contribution in [0.4, 0.5) is 0 Å².